The topological polar surface area (TPSA) is 51.2 Å². The Bertz CT molecular complexity index is 693. The number of nitrogens with zero attached hydrogens (tertiary/aromatic N) is 2. The maximum atomic E-state index is 8.95. The number of hydrogen-bond donors (Lipinski definition) is 1. The Morgan fingerprint density at radius 3 is 2.73 bits per heavy atom. The molecule has 2 heterocycles. The van der Waals surface area contributed by atoms with Gasteiger partial charge in [-0.3, -0.25) is 0 Å². The molecular weight excluding hydrogens is 296 g/mol. The zero-order valence-electron chi connectivity index (χ0n) is 12.2. The van der Waals surface area contributed by atoms with Crippen molar-refractivity contribution in [3.05, 3.63) is 60.7 Å². The van der Waals surface area contributed by atoms with Gasteiger partial charge in [0.05, 0.1) is 24.7 Å². The minimum atomic E-state index is 0.206. The highest BCUT2D eigenvalue weighted by molar-refractivity contribution is 7.99. The van der Waals surface area contributed by atoms with Gasteiger partial charge in [0.25, 0.3) is 0 Å². The number of thioether (sulfide) groups is 1. The van der Waals surface area contributed by atoms with Gasteiger partial charge in [-0.2, -0.15) is 0 Å². The lowest BCUT2D eigenvalue weighted by molar-refractivity contribution is 0.296. The number of furan rings is 1. The molecule has 4 nitrogen and oxygen atoms in total. The summed E-state index contributed by atoms with van der Waals surface area (Å²) in [5.41, 5.74) is 2.21. The molecule has 0 atom stereocenters. The minimum Gasteiger partial charge on any atom is -0.467 e. The van der Waals surface area contributed by atoms with E-state index < -0.39 is 0 Å². The van der Waals surface area contributed by atoms with E-state index in [1.54, 1.807) is 18.0 Å². The Kier molecular flexibility index (Phi) is 4.98. The van der Waals surface area contributed by atoms with Crippen LogP contribution in [0.3, 0.4) is 0 Å². The average Bonchev–Trinajstić information content (AvgIpc) is 3.20. The Morgan fingerprint density at radius 2 is 2.00 bits per heavy atom. The number of imidazole rings is 1. The van der Waals surface area contributed by atoms with E-state index in [1.807, 2.05) is 36.5 Å². The van der Waals surface area contributed by atoms with Gasteiger partial charge in [-0.15, -0.1) is 0 Å². The highest BCUT2D eigenvalue weighted by atomic mass is 32.2. The van der Waals surface area contributed by atoms with E-state index in [-0.39, 0.29) is 6.61 Å². The van der Waals surface area contributed by atoms with Crippen LogP contribution in [0.4, 0.5) is 0 Å². The Morgan fingerprint density at radius 1 is 1.14 bits per heavy atom. The first-order chi connectivity index (χ1) is 10.9. The highest BCUT2D eigenvalue weighted by Crippen LogP contribution is 2.27. The molecule has 5 heteroatoms. The lowest BCUT2D eigenvalue weighted by Crippen LogP contribution is -2.03. The van der Waals surface area contributed by atoms with E-state index in [9.17, 15) is 0 Å². The van der Waals surface area contributed by atoms with Gasteiger partial charge in [0.1, 0.15) is 5.76 Å². The molecule has 2 aromatic heterocycles. The molecule has 0 unspecified atom stereocenters. The summed E-state index contributed by atoms with van der Waals surface area (Å²) in [6.45, 7) is 0.857. The number of aliphatic hydroxyl groups is 1. The lowest BCUT2D eigenvalue weighted by atomic mass is 10.2. The normalized spacial score (nSPS) is 11.0. The highest BCUT2D eigenvalue weighted by Gasteiger charge is 2.13. The maximum Gasteiger partial charge on any atom is 0.168 e. The quantitative estimate of drug-likeness (QED) is 0.534. The summed E-state index contributed by atoms with van der Waals surface area (Å²) < 4.78 is 7.64. The number of benzene rings is 1. The van der Waals surface area contributed by atoms with Crippen molar-refractivity contribution < 1.29 is 9.52 Å². The first-order valence-corrected chi connectivity index (χ1v) is 8.24. The second-order valence-electron chi connectivity index (χ2n) is 4.88. The van der Waals surface area contributed by atoms with Crippen LogP contribution in [0.5, 0.6) is 0 Å². The molecule has 0 saturated heterocycles. The second-order valence-corrected chi connectivity index (χ2v) is 5.95. The zero-order valence-corrected chi connectivity index (χ0v) is 13.0. The first-order valence-electron chi connectivity index (χ1n) is 7.25. The van der Waals surface area contributed by atoms with Crippen LogP contribution in [-0.4, -0.2) is 27.0 Å². The molecule has 22 heavy (non-hydrogen) atoms. The molecule has 114 valence electrons. The van der Waals surface area contributed by atoms with Gasteiger partial charge < -0.3 is 14.1 Å². The molecule has 0 spiro atoms. The molecule has 0 amide bonds. The summed E-state index contributed by atoms with van der Waals surface area (Å²) in [7, 11) is 0. The van der Waals surface area contributed by atoms with Crippen LogP contribution in [0.25, 0.3) is 11.3 Å². The minimum absolute atomic E-state index is 0.206. The molecule has 0 saturated carbocycles. The Labute approximate surface area is 133 Å². The van der Waals surface area contributed by atoms with E-state index in [2.05, 4.69) is 21.7 Å². The van der Waals surface area contributed by atoms with Crippen molar-refractivity contribution in [1.29, 1.82) is 0 Å². The summed E-state index contributed by atoms with van der Waals surface area (Å²) in [5, 5.41) is 9.90. The molecule has 1 aromatic carbocycles. The Balaban J connectivity index is 1.92. The lowest BCUT2D eigenvalue weighted by Gasteiger charge is -2.10. The third-order valence-corrected chi connectivity index (χ3v) is 4.39. The van der Waals surface area contributed by atoms with Crippen molar-refractivity contribution in [2.75, 3.05) is 12.4 Å². The molecule has 1 N–H and O–H groups in total. The van der Waals surface area contributed by atoms with Gasteiger partial charge in [0.15, 0.2) is 5.16 Å². The molecule has 0 radical (unpaired) electrons. The van der Waals surface area contributed by atoms with Crippen molar-refractivity contribution in [3.8, 4) is 11.3 Å². The fourth-order valence-electron chi connectivity index (χ4n) is 2.25. The van der Waals surface area contributed by atoms with Crippen LogP contribution >= 0.6 is 11.8 Å². The van der Waals surface area contributed by atoms with Crippen molar-refractivity contribution in [2.45, 2.75) is 18.1 Å². The van der Waals surface area contributed by atoms with E-state index in [0.717, 1.165) is 34.3 Å². The largest absolute Gasteiger partial charge is 0.467 e. The summed E-state index contributed by atoms with van der Waals surface area (Å²) in [4.78, 5) is 4.55. The van der Waals surface area contributed by atoms with Gasteiger partial charge in [-0.25, -0.2) is 4.98 Å². The summed E-state index contributed by atoms with van der Waals surface area (Å²) in [6, 6.07) is 14.1. The molecule has 3 rings (SSSR count). The molecule has 3 aromatic rings. The smallest absolute Gasteiger partial charge is 0.168 e. The van der Waals surface area contributed by atoms with Crippen molar-refractivity contribution in [3.63, 3.8) is 0 Å². The van der Waals surface area contributed by atoms with Crippen LogP contribution in [0.1, 0.15) is 12.2 Å². The fourth-order valence-corrected chi connectivity index (χ4v) is 3.15. The average molecular weight is 314 g/mol. The molecule has 0 aliphatic rings. The SMILES string of the molecule is OCCCSc1ncc(-c2ccccc2)n1Cc1ccco1. The van der Waals surface area contributed by atoms with E-state index in [4.69, 9.17) is 9.52 Å². The van der Waals surface area contributed by atoms with Gasteiger partial charge in [-0.05, 0) is 24.1 Å². The number of aromatic nitrogens is 2. The molecule has 0 aliphatic carbocycles. The van der Waals surface area contributed by atoms with E-state index in [0.29, 0.717) is 6.54 Å². The number of hydrogen-bond acceptors (Lipinski definition) is 4. The van der Waals surface area contributed by atoms with Crippen LogP contribution in [0, 0.1) is 0 Å². The Hall–Kier alpha value is -1.98. The van der Waals surface area contributed by atoms with Gasteiger partial charge in [0.2, 0.25) is 0 Å². The van der Waals surface area contributed by atoms with Crippen molar-refractivity contribution in [1.82, 2.24) is 9.55 Å². The second kappa shape index (κ2) is 7.33. The summed E-state index contributed by atoms with van der Waals surface area (Å²) >= 11 is 1.66. The van der Waals surface area contributed by atoms with Crippen LogP contribution in [0.15, 0.2) is 64.5 Å². The van der Waals surface area contributed by atoms with Crippen LogP contribution in [0.2, 0.25) is 0 Å². The molecule has 0 fully saturated rings. The van der Waals surface area contributed by atoms with Crippen LogP contribution < -0.4 is 0 Å². The number of rotatable bonds is 7. The van der Waals surface area contributed by atoms with E-state index >= 15 is 0 Å². The zero-order chi connectivity index (χ0) is 15.2. The van der Waals surface area contributed by atoms with Gasteiger partial charge in [0, 0.05) is 12.4 Å². The van der Waals surface area contributed by atoms with Crippen molar-refractivity contribution >= 4 is 11.8 Å². The first kappa shape index (κ1) is 14.9. The molecular formula is C17H18N2O2S. The fraction of sp³-hybridized carbons (Fsp3) is 0.235. The predicted molar refractivity (Wildman–Crippen MR) is 87.9 cm³/mol. The van der Waals surface area contributed by atoms with E-state index in [1.165, 1.54) is 0 Å². The maximum absolute atomic E-state index is 8.95. The summed E-state index contributed by atoms with van der Waals surface area (Å²) in [6.07, 6.45) is 4.35. The standard InChI is InChI=1S/C17H18N2O2S/c20-9-5-11-22-17-18-12-16(14-6-2-1-3-7-14)19(17)13-15-8-4-10-21-15/h1-4,6-8,10,12,20H,5,9,11,13H2. The van der Waals surface area contributed by atoms with Crippen LogP contribution in [-0.2, 0) is 6.54 Å². The molecule has 0 aliphatic heterocycles. The monoisotopic (exact) mass is 314 g/mol. The van der Waals surface area contributed by atoms with Gasteiger partial charge >= 0.3 is 0 Å². The third-order valence-electron chi connectivity index (χ3n) is 3.32. The third kappa shape index (κ3) is 3.43. The number of aliphatic hydroxyl groups excluding tert-OH is 1. The predicted octanol–water partition coefficient (Wildman–Crippen LogP) is 3.67. The molecule has 0 bridgehead atoms. The van der Waals surface area contributed by atoms with Crippen molar-refractivity contribution in [2.24, 2.45) is 0 Å². The summed E-state index contributed by atoms with van der Waals surface area (Å²) in [5.74, 6) is 1.75. The van der Waals surface area contributed by atoms with Gasteiger partial charge in [-0.1, -0.05) is 42.1 Å².